The van der Waals surface area contributed by atoms with Crippen molar-refractivity contribution >= 4 is 56.6 Å². The molecule has 0 aromatic heterocycles. The summed E-state index contributed by atoms with van der Waals surface area (Å²) in [6.07, 6.45) is 0. The maximum absolute atomic E-state index is 12.7. The average Bonchev–Trinajstić information content (AvgIpc) is 2.74. The van der Waals surface area contributed by atoms with E-state index < -0.39 is 10.0 Å². The Labute approximate surface area is 190 Å². The maximum Gasteiger partial charge on any atom is 0.243 e. The molecular weight excluding hydrogens is 467 g/mol. The van der Waals surface area contributed by atoms with Gasteiger partial charge in [-0.3, -0.25) is 4.79 Å². The third kappa shape index (κ3) is 5.69. The summed E-state index contributed by atoms with van der Waals surface area (Å²) in [6, 6.07) is 11.5. The highest BCUT2D eigenvalue weighted by atomic mass is 35.5. The molecule has 1 unspecified atom stereocenters. The van der Waals surface area contributed by atoms with Crippen LogP contribution in [0.1, 0.15) is 12.5 Å². The Hall–Kier alpha value is -1.29. The number of anilines is 1. The first-order valence-electron chi connectivity index (χ1n) is 9.32. The van der Waals surface area contributed by atoms with Gasteiger partial charge in [-0.1, -0.05) is 29.3 Å². The van der Waals surface area contributed by atoms with E-state index in [2.05, 4.69) is 5.32 Å². The number of nitrogens with one attached hydrogen (secondary N) is 1. The first kappa shape index (κ1) is 23.4. The number of thioether (sulfide) groups is 1. The van der Waals surface area contributed by atoms with E-state index in [9.17, 15) is 13.2 Å². The highest BCUT2D eigenvalue weighted by Crippen LogP contribution is 2.30. The predicted molar refractivity (Wildman–Crippen MR) is 122 cm³/mol. The molecule has 1 aliphatic heterocycles. The van der Waals surface area contributed by atoms with Crippen LogP contribution >= 0.6 is 35.0 Å². The number of carbonyl (C=O) groups is 1. The van der Waals surface area contributed by atoms with E-state index in [1.165, 1.54) is 28.2 Å². The van der Waals surface area contributed by atoms with Gasteiger partial charge >= 0.3 is 0 Å². The molecule has 2 aromatic rings. The molecule has 0 spiro atoms. The lowest BCUT2D eigenvalue weighted by Crippen LogP contribution is -2.40. The normalized spacial score (nSPS) is 16.2. The van der Waals surface area contributed by atoms with E-state index >= 15 is 0 Å². The Kier molecular flexibility index (Phi) is 8.06. The van der Waals surface area contributed by atoms with Crippen molar-refractivity contribution in [1.29, 1.82) is 0 Å². The van der Waals surface area contributed by atoms with Crippen molar-refractivity contribution in [3.05, 3.63) is 58.1 Å². The third-order valence-corrected chi connectivity index (χ3v) is 8.43. The number of nitrogens with zero attached hydrogens (tertiary/aromatic N) is 1. The molecule has 1 heterocycles. The van der Waals surface area contributed by atoms with Gasteiger partial charge in [0.15, 0.2) is 0 Å². The summed E-state index contributed by atoms with van der Waals surface area (Å²) in [5, 5.41) is 3.60. The Morgan fingerprint density at radius 2 is 1.73 bits per heavy atom. The van der Waals surface area contributed by atoms with E-state index in [0.29, 0.717) is 47.8 Å². The SMILES string of the molecule is CC(SCc1c(Cl)cccc1Cl)C(=O)Nc1ccc(S(=O)(=O)N2CCOCC2)cc1. The lowest BCUT2D eigenvalue weighted by molar-refractivity contribution is -0.115. The summed E-state index contributed by atoms with van der Waals surface area (Å²) in [4.78, 5) is 12.7. The van der Waals surface area contributed by atoms with Crippen LogP contribution in [0.2, 0.25) is 10.0 Å². The molecule has 3 rings (SSSR count). The number of hydrogen-bond acceptors (Lipinski definition) is 5. The molecule has 0 saturated carbocycles. The van der Waals surface area contributed by atoms with Crippen LogP contribution in [0.5, 0.6) is 0 Å². The van der Waals surface area contributed by atoms with Gasteiger partial charge in [-0.2, -0.15) is 4.31 Å². The van der Waals surface area contributed by atoms with Crippen LogP contribution in [-0.2, 0) is 25.3 Å². The first-order chi connectivity index (χ1) is 14.3. The molecule has 6 nitrogen and oxygen atoms in total. The quantitative estimate of drug-likeness (QED) is 0.629. The van der Waals surface area contributed by atoms with E-state index in [0.717, 1.165) is 5.56 Å². The van der Waals surface area contributed by atoms with Crippen LogP contribution in [0.3, 0.4) is 0 Å². The lowest BCUT2D eigenvalue weighted by atomic mass is 10.2. The molecule has 1 atom stereocenters. The van der Waals surface area contributed by atoms with Crippen LogP contribution in [0, 0.1) is 0 Å². The molecule has 162 valence electrons. The van der Waals surface area contributed by atoms with Crippen LogP contribution < -0.4 is 5.32 Å². The fraction of sp³-hybridized carbons (Fsp3) is 0.350. The number of rotatable bonds is 7. The number of carbonyl (C=O) groups excluding carboxylic acids is 1. The number of benzene rings is 2. The highest BCUT2D eigenvalue weighted by molar-refractivity contribution is 7.99. The van der Waals surface area contributed by atoms with Gasteiger partial charge < -0.3 is 10.1 Å². The zero-order valence-corrected chi connectivity index (χ0v) is 19.5. The average molecular weight is 489 g/mol. The minimum atomic E-state index is -3.56. The summed E-state index contributed by atoms with van der Waals surface area (Å²) >= 11 is 13.8. The lowest BCUT2D eigenvalue weighted by Gasteiger charge is -2.26. The number of hydrogen-bond donors (Lipinski definition) is 1. The molecule has 0 aliphatic carbocycles. The molecule has 1 aliphatic rings. The van der Waals surface area contributed by atoms with Gasteiger partial charge in [-0.25, -0.2) is 8.42 Å². The molecule has 1 amide bonds. The van der Waals surface area contributed by atoms with E-state index in [1.807, 2.05) is 0 Å². The number of amides is 1. The third-order valence-electron chi connectivity index (χ3n) is 4.64. The number of ether oxygens (including phenoxy) is 1. The van der Waals surface area contributed by atoms with Crippen LogP contribution in [-0.4, -0.2) is 50.2 Å². The zero-order valence-electron chi connectivity index (χ0n) is 16.3. The Balaban J connectivity index is 1.58. The minimum Gasteiger partial charge on any atom is -0.379 e. The van der Waals surface area contributed by atoms with Crippen molar-refractivity contribution in [2.75, 3.05) is 31.6 Å². The largest absolute Gasteiger partial charge is 0.379 e. The standard InChI is InChI=1S/C20H22Cl2N2O4S2/c1-14(29-13-17-18(21)3-2-4-19(17)22)20(25)23-15-5-7-16(8-6-15)30(26,27)24-9-11-28-12-10-24/h2-8,14H,9-13H2,1H3,(H,23,25). The smallest absolute Gasteiger partial charge is 0.243 e. The van der Waals surface area contributed by atoms with Gasteiger partial charge in [0.2, 0.25) is 15.9 Å². The van der Waals surface area contributed by atoms with Crippen molar-refractivity contribution in [2.45, 2.75) is 22.8 Å². The van der Waals surface area contributed by atoms with Gasteiger partial charge in [-0.15, -0.1) is 11.8 Å². The van der Waals surface area contributed by atoms with Crippen molar-refractivity contribution in [1.82, 2.24) is 4.31 Å². The summed E-state index contributed by atoms with van der Waals surface area (Å²) < 4.78 is 31.9. The fourth-order valence-electron chi connectivity index (χ4n) is 2.84. The van der Waals surface area contributed by atoms with Crippen molar-refractivity contribution in [3.8, 4) is 0 Å². The Bertz CT molecular complexity index is 974. The van der Waals surface area contributed by atoms with Crippen molar-refractivity contribution in [2.24, 2.45) is 0 Å². The van der Waals surface area contributed by atoms with Gasteiger partial charge in [0.1, 0.15) is 0 Å². The number of sulfonamides is 1. The van der Waals surface area contributed by atoms with Crippen LogP contribution in [0.15, 0.2) is 47.4 Å². The minimum absolute atomic E-state index is 0.188. The van der Waals surface area contributed by atoms with Gasteiger partial charge in [0, 0.05) is 34.6 Å². The number of morpholine rings is 1. The summed E-state index contributed by atoms with van der Waals surface area (Å²) in [5.41, 5.74) is 1.33. The molecule has 1 saturated heterocycles. The van der Waals surface area contributed by atoms with Crippen molar-refractivity contribution in [3.63, 3.8) is 0 Å². The topological polar surface area (TPSA) is 75.7 Å². The van der Waals surface area contributed by atoms with Crippen molar-refractivity contribution < 1.29 is 17.9 Å². The Morgan fingerprint density at radius 3 is 2.33 bits per heavy atom. The molecule has 2 aromatic carbocycles. The second-order valence-electron chi connectivity index (χ2n) is 6.68. The molecule has 0 bridgehead atoms. The fourth-order valence-corrected chi connectivity index (χ4v) is 5.88. The molecular formula is C20H22Cl2N2O4S2. The number of halogens is 2. The molecule has 30 heavy (non-hydrogen) atoms. The molecule has 0 radical (unpaired) electrons. The van der Waals surface area contributed by atoms with Crippen LogP contribution in [0.25, 0.3) is 0 Å². The second-order valence-corrected chi connectivity index (χ2v) is 10.8. The zero-order chi connectivity index (χ0) is 21.7. The molecule has 10 heteroatoms. The highest BCUT2D eigenvalue weighted by Gasteiger charge is 2.26. The first-order valence-corrected chi connectivity index (χ1v) is 12.6. The molecule has 1 N–H and O–H groups in total. The van der Waals surface area contributed by atoms with Crippen LogP contribution in [0.4, 0.5) is 5.69 Å². The molecule has 1 fully saturated rings. The van der Waals surface area contributed by atoms with Gasteiger partial charge in [-0.05, 0) is 48.9 Å². The van der Waals surface area contributed by atoms with Gasteiger partial charge in [0.05, 0.1) is 23.4 Å². The maximum atomic E-state index is 12.7. The second kappa shape index (κ2) is 10.3. The predicted octanol–water partition coefficient (Wildman–Crippen LogP) is 4.27. The van der Waals surface area contributed by atoms with E-state index in [1.54, 1.807) is 37.3 Å². The summed E-state index contributed by atoms with van der Waals surface area (Å²) in [6.45, 7) is 3.25. The monoisotopic (exact) mass is 488 g/mol. The van der Waals surface area contributed by atoms with E-state index in [-0.39, 0.29) is 16.1 Å². The summed E-state index contributed by atoms with van der Waals surface area (Å²) in [5.74, 6) is 0.316. The Morgan fingerprint density at radius 1 is 1.13 bits per heavy atom. The van der Waals surface area contributed by atoms with Gasteiger partial charge in [0.25, 0.3) is 0 Å². The summed E-state index contributed by atoms with van der Waals surface area (Å²) in [7, 11) is -3.56. The van der Waals surface area contributed by atoms with E-state index in [4.69, 9.17) is 27.9 Å².